The second-order valence-corrected chi connectivity index (χ2v) is 34.9. The highest BCUT2D eigenvalue weighted by Gasteiger charge is 2.30. The number of unbranched alkanes of at least 4 members (excludes halogenated alkanes) is 46. The number of esters is 4. The van der Waals surface area contributed by atoms with Crippen LogP contribution in [0.2, 0.25) is 0 Å². The molecule has 0 aromatic carbocycles. The Morgan fingerprint density at radius 2 is 0.462 bits per heavy atom. The molecule has 0 aliphatic carbocycles. The number of rotatable bonds is 82. The Hall–Kier alpha value is -1.94. The van der Waals surface area contributed by atoms with Crippen LogP contribution in [0.1, 0.15) is 441 Å². The predicted molar refractivity (Wildman–Crippen MR) is 428 cm³/mol. The molecule has 0 aliphatic rings. The molecule has 0 saturated heterocycles. The zero-order chi connectivity index (χ0) is 76.7. The minimum atomic E-state index is -4.96. The normalized spacial score (nSPS) is 14.5. The summed E-state index contributed by atoms with van der Waals surface area (Å²) in [5.74, 6) is 1.06. The fraction of sp³-hybridized carbons (Fsp3) is 0.953. The number of ether oxygens (including phenoxy) is 4. The van der Waals surface area contributed by atoms with Crippen molar-refractivity contribution in [3.8, 4) is 0 Å². The van der Waals surface area contributed by atoms with Crippen LogP contribution in [0.5, 0.6) is 0 Å². The maximum Gasteiger partial charge on any atom is 0.472 e. The Labute approximate surface area is 638 Å². The lowest BCUT2D eigenvalue weighted by atomic mass is 9.99. The highest BCUT2D eigenvalue weighted by molar-refractivity contribution is 7.47. The van der Waals surface area contributed by atoms with Gasteiger partial charge in [0.25, 0.3) is 0 Å². The van der Waals surface area contributed by atoms with Gasteiger partial charge in [-0.05, 0) is 49.4 Å². The molecule has 3 N–H and O–H groups in total. The van der Waals surface area contributed by atoms with E-state index in [0.29, 0.717) is 25.7 Å². The van der Waals surface area contributed by atoms with Gasteiger partial charge in [0.2, 0.25) is 0 Å². The molecule has 7 atom stereocenters. The molecule has 104 heavy (non-hydrogen) atoms. The second-order valence-electron chi connectivity index (χ2n) is 32.0. The number of hydrogen-bond acceptors (Lipinski definition) is 15. The van der Waals surface area contributed by atoms with E-state index in [1.54, 1.807) is 0 Å². The summed E-state index contributed by atoms with van der Waals surface area (Å²) in [6.07, 6.45) is 62.5. The van der Waals surface area contributed by atoms with Crippen molar-refractivity contribution in [2.75, 3.05) is 39.6 Å². The topological polar surface area (TPSA) is 237 Å². The molecular weight excluding hydrogens is 1350 g/mol. The fourth-order valence-electron chi connectivity index (χ4n) is 13.1. The van der Waals surface area contributed by atoms with Crippen LogP contribution in [0.15, 0.2) is 0 Å². The molecular formula is C85H166O17P2. The summed E-state index contributed by atoms with van der Waals surface area (Å²) in [5.41, 5.74) is 0. The van der Waals surface area contributed by atoms with E-state index in [9.17, 15) is 43.2 Å². The molecule has 0 aromatic rings. The van der Waals surface area contributed by atoms with E-state index >= 15 is 0 Å². The number of aliphatic hydroxyl groups is 1. The summed E-state index contributed by atoms with van der Waals surface area (Å²) in [6.45, 7) is 14.3. The molecule has 0 rings (SSSR count). The molecule has 0 heterocycles. The molecule has 0 amide bonds. The smallest absolute Gasteiger partial charge is 0.462 e. The number of carbonyl (C=O) groups is 4. The first-order valence-electron chi connectivity index (χ1n) is 43.8. The van der Waals surface area contributed by atoms with E-state index in [4.69, 9.17) is 37.0 Å². The zero-order valence-electron chi connectivity index (χ0n) is 68.7. The van der Waals surface area contributed by atoms with Crippen molar-refractivity contribution in [1.29, 1.82) is 0 Å². The van der Waals surface area contributed by atoms with Crippen molar-refractivity contribution in [3.63, 3.8) is 0 Å². The third kappa shape index (κ3) is 75.5. The maximum atomic E-state index is 13.1. The van der Waals surface area contributed by atoms with E-state index in [1.807, 2.05) is 0 Å². The Bertz CT molecular complexity index is 2030. The third-order valence-electron chi connectivity index (χ3n) is 20.5. The van der Waals surface area contributed by atoms with Gasteiger partial charge in [0, 0.05) is 25.7 Å². The van der Waals surface area contributed by atoms with Crippen molar-refractivity contribution in [2.45, 2.75) is 459 Å². The molecule has 0 radical (unpaired) electrons. The summed E-state index contributed by atoms with van der Waals surface area (Å²) in [4.78, 5) is 73.1. The lowest BCUT2D eigenvalue weighted by Crippen LogP contribution is -2.30. The van der Waals surface area contributed by atoms with Gasteiger partial charge in [0.15, 0.2) is 12.2 Å². The van der Waals surface area contributed by atoms with Crippen molar-refractivity contribution in [1.82, 2.24) is 0 Å². The van der Waals surface area contributed by atoms with Gasteiger partial charge in [0.05, 0.1) is 26.4 Å². The first-order chi connectivity index (χ1) is 50.2. The first kappa shape index (κ1) is 102. The second kappa shape index (κ2) is 73.8. The van der Waals surface area contributed by atoms with Crippen molar-refractivity contribution < 1.29 is 80.2 Å². The van der Waals surface area contributed by atoms with E-state index in [0.717, 1.165) is 120 Å². The average Bonchev–Trinajstić information content (AvgIpc) is 0.909. The van der Waals surface area contributed by atoms with Gasteiger partial charge >= 0.3 is 39.5 Å². The van der Waals surface area contributed by atoms with Gasteiger partial charge in [-0.1, -0.05) is 389 Å². The number of hydrogen-bond donors (Lipinski definition) is 3. The Balaban J connectivity index is 5.19. The quantitative estimate of drug-likeness (QED) is 0.0222. The molecule has 0 bridgehead atoms. The summed E-state index contributed by atoms with van der Waals surface area (Å²) in [5, 5.41) is 10.7. The van der Waals surface area contributed by atoms with E-state index in [2.05, 4.69) is 55.4 Å². The molecule has 0 aromatic heterocycles. The predicted octanol–water partition coefficient (Wildman–Crippen LogP) is 25.6. The van der Waals surface area contributed by atoms with Crippen LogP contribution < -0.4 is 0 Å². The zero-order valence-corrected chi connectivity index (χ0v) is 70.5. The van der Waals surface area contributed by atoms with E-state index in [-0.39, 0.29) is 25.7 Å². The standard InChI is InChI=1S/C85H166O17P2/c1-9-77(7)63-55-47-39-33-26-22-18-13-11-12-14-19-23-27-35-41-51-60-68-85(90)102-81(72-96-83(88)66-58-50-44-43-48-56-64-78(8)10-2)74-100-104(93,94)98-70-79(86)69-97-103(91,92)99-73-80(71-95-82(87)65-57-49-40-34-30-29-32-38-46-54-62-76(5)6)101-84(89)67-59-52-42-36-28-24-20-16-15-17-21-25-31-37-45-53-61-75(3)4/h75-81,86H,9-74H2,1-8H3,(H,91,92)(H,93,94)/t77?,78?,79-,80-,81-/m1/s1. The van der Waals surface area contributed by atoms with Crippen LogP contribution in [0.4, 0.5) is 0 Å². The van der Waals surface area contributed by atoms with Gasteiger partial charge in [0.1, 0.15) is 19.3 Å². The van der Waals surface area contributed by atoms with Crippen LogP contribution in [0.25, 0.3) is 0 Å². The highest BCUT2D eigenvalue weighted by Crippen LogP contribution is 2.45. The van der Waals surface area contributed by atoms with Crippen molar-refractivity contribution >= 4 is 39.5 Å². The Morgan fingerprint density at radius 3 is 0.683 bits per heavy atom. The van der Waals surface area contributed by atoms with E-state index in [1.165, 1.54) is 238 Å². The SMILES string of the molecule is CCC(C)CCCCCCCCCCCCCCCCCCCCC(=O)O[C@H](COC(=O)CCCCCCCCC(C)CC)COP(=O)(O)OC[C@H](O)COP(=O)(O)OC[C@@H](COC(=O)CCCCCCCCCCCCC(C)C)OC(=O)CCCCCCCCCCCCCCCCCCC(C)C. The van der Waals surface area contributed by atoms with Crippen molar-refractivity contribution in [2.24, 2.45) is 23.7 Å². The highest BCUT2D eigenvalue weighted by atomic mass is 31.2. The lowest BCUT2D eigenvalue weighted by Gasteiger charge is -2.21. The van der Waals surface area contributed by atoms with Gasteiger partial charge < -0.3 is 33.8 Å². The Kier molecular flexibility index (Phi) is 72.5. The summed E-state index contributed by atoms with van der Waals surface area (Å²) in [6, 6.07) is 0. The number of phosphoric acid groups is 2. The van der Waals surface area contributed by atoms with Gasteiger partial charge in [-0.2, -0.15) is 0 Å². The minimum absolute atomic E-state index is 0.107. The molecule has 4 unspecified atom stereocenters. The van der Waals surface area contributed by atoms with Gasteiger partial charge in [-0.15, -0.1) is 0 Å². The Morgan fingerprint density at radius 1 is 0.269 bits per heavy atom. The van der Waals surface area contributed by atoms with Crippen LogP contribution in [0.3, 0.4) is 0 Å². The number of aliphatic hydroxyl groups excluding tert-OH is 1. The van der Waals surface area contributed by atoms with Crippen LogP contribution in [-0.2, 0) is 65.4 Å². The van der Waals surface area contributed by atoms with Gasteiger partial charge in [-0.25, -0.2) is 9.13 Å². The number of phosphoric ester groups is 2. The molecule has 19 heteroatoms. The minimum Gasteiger partial charge on any atom is -0.462 e. The average molecular weight is 1520 g/mol. The first-order valence-corrected chi connectivity index (χ1v) is 46.8. The fourth-order valence-corrected chi connectivity index (χ4v) is 14.7. The summed E-state index contributed by atoms with van der Waals surface area (Å²) < 4.78 is 68.8. The molecule has 0 fully saturated rings. The summed E-state index contributed by atoms with van der Waals surface area (Å²) in [7, 11) is -9.93. The molecule has 17 nitrogen and oxygen atoms in total. The molecule has 0 saturated carbocycles. The largest absolute Gasteiger partial charge is 0.472 e. The molecule has 618 valence electrons. The summed E-state index contributed by atoms with van der Waals surface area (Å²) >= 11 is 0. The molecule has 0 aliphatic heterocycles. The van der Waals surface area contributed by atoms with Gasteiger partial charge in [-0.3, -0.25) is 37.3 Å². The van der Waals surface area contributed by atoms with Crippen LogP contribution in [0, 0.1) is 23.7 Å². The van der Waals surface area contributed by atoms with E-state index < -0.39 is 97.5 Å². The lowest BCUT2D eigenvalue weighted by molar-refractivity contribution is -0.161. The maximum absolute atomic E-state index is 13.1. The monoisotopic (exact) mass is 1520 g/mol. The number of carbonyl (C=O) groups excluding carboxylic acids is 4. The van der Waals surface area contributed by atoms with Crippen molar-refractivity contribution in [3.05, 3.63) is 0 Å². The van der Waals surface area contributed by atoms with Crippen LogP contribution in [-0.4, -0.2) is 96.7 Å². The molecule has 0 spiro atoms. The third-order valence-corrected chi connectivity index (χ3v) is 22.4. The van der Waals surface area contributed by atoms with Crippen LogP contribution >= 0.6 is 15.6 Å².